The van der Waals surface area contributed by atoms with E-state index in [1.165, 1.54) is 135 Å². The maximum absolute atomic E-state index is 3.92. The third kappa shape index (κ3) is 25.7. The Morgan fingerprint density at radius 2 is 0.862 bits per heavy atom. The summed E-state index contributed by atoms with van der Waals surface area (Å²) in [5, 5.41) is 0. The van der Waals surface area contributed by atoms with Gasteiger partial charge >= 0.3 is 0 Å². The van der Waals surface area contributed by atoms with Gasteiger partial charge in [0.1, 0.15) is 0 Å². The predicted octanol–water partition coefficient (Wildman–Crippen LogP) is 10.8. The molecule has 0 spiro atoms. The molecule has 0 aromatic carbocycles. The van der Waals surface area contributed by atoms with Gasteiger partial charge in [-0.3, -0.25) is 0 Å². The highest BCUT2D eigenvalue weighted by atomic mass is 14.1. The standard InChI is InChI=1S/C29H56/c1-4-6-8-10-12-13-14-15-16-17-18-19-20-21-22-24-26-28-29(3)27-25-23-11-9-7-5-2/h6,8,29H,1-2,4-5,7,9-28H2,3H3. The van der Waals surface area contributed by atoms with Crippen LogP contribution in [0.2, 0.25) is 0 Å². The molecule has 172 valence electrons. The van der Waals surface area contributed by atoms with Crippen molar-refractivity contribution in [2.75, 3.05) is 0 Å². The number of unbranched alkanes of at least 4 members (excludes halogenated alkanes) is 18. The molecular weight excluding hydrogens is 348 g/mol. The minimum absolute atomic E-state index is 0.942. The summed E-state index contributed by atoms with van der Waals surface area (Å²) in [6.45, 7) is 10.2. The van der Waals surface area contributed by atoms with E-state index in [1.54, 1.807) is 0 Å². The quantitative estimate of drug-likeness (QED) is 0.111. The third-order valence-corrected chi connectivity index (χ3v) is 6.35. The Bertz CT molecular complexity index is 303. The number of hydrogen-bond donors (Lipinski definition) is 0. The minimum Gasteiger partial charge on any atom is -0.0885 e. The van der Waals surface area contributed by atoms with Crippen molar-refractivity contribution >= 4 is 0 Å². The first-order valence-electron chi connectivity index (χ1n) is 13.5. The SMILES string of the molecule is [CH2]CC=CCCCCCCCCCCCCCCCC(C)CCCCCCC[CH2]. The average molecular weight is 405 g/mol. The van der Waals surface area contributed by atoms with Gasteiger partial charge in [0.05, 0.1) is 0 Å². The highest BCUT2D eigenvalue weighted by Crippen LogP contribution is 2.19. The van der Waals surface area contributed by atoms with Crippen LogP contribution in [0.3, 0.4) is 0 Å². The zero-order valence-corrected chi connectivity index (χ0v) is 20.4. The van der Waals surface area contributed by atoms with Gasteiger partial charge in [0.25, 0.3) is 0 Å². The molecule has 0 nitrogen and oxygen atoms in total. The molecule has 0 rings (SSSR count). The van der Waals surface area contributed by atoms with Gasteiger partial charge in [-0.05, 0) is 32.1 Å². The zero-order chi connectivity index (χ0) is 21.3. The first kappa shape index (κ1) is 28.7. The molecule has 0 heteroatoms. The number of allylic oxidation sites excluding steroid dienone is 2. The maximum Gasteiger partial charge on any atom is -0.0351 e. The van der Waals surface area contributed by atoms with Gasteiger partial charge < -0.3 is 0 Å². The Morgan fingerprint density at radius 1 is 0.483 bits per heavy atom. The summed E-state index contributed by atoms with van der Waals surface area (Å²) in [5.41, 5.74) is 0. The average Bonchev–Trinajstić information content (AvgIpc) is 2.73. The Kier molecular flexibility index (Phi) is 25.5. The Balaban J connectivity index is 3.11. The molecule has 1 atom stereocenters. The molecule has 0 aromatic heterocycles. The van der Waals surface area contributed by atoms with E-state index < -0.39 is 0 Å². The molecule has 0 bridgehead atoms. The second-order valence-electron chi connectivity index (χ2n) is 9.45. The van der Waals surface area contributed by atoms with E-state index in [0.717, 1.165) is 18.8 Å². The van der Waals surface area contributed by atoms with Crippen LogP contribution >= 0.6 is 0 Å². The lowest BCUT2D eigenvalue weighted by molar-refractivity contribution is 0.431. The van der Waals surface area contributed by atoms with Crippen LogP contribution in [0.15, 0.2) is 12.2 Å². The van der Waals surface area contributed by atoms with Crippen molar-refractivity contribution in [1.82, 2.24) is 0 Å². The van der Waals surface area contributed by atoms with Crippen LogP contribution in [0.5, 0.6) is 0 Å². The fourth-order valence-corrected chi connectivity index (χ4v) is 4.28. The molecule has 0 aliphatic carbocycles. The molecular formula is C29H56. The van der Waals surface area contributed by atoms with Crippen LogP contribution in [0.4, 0.5) is 0 Å². The van der Waals surface area contributed by atoms with Crippen LogP contribution in [-0.4, -0.2) is 0 Å². The minimum atomic E-state index is 0.942. The van der Waals surface area contributed by atoms with E-state index >= 15 is 0 Å². The molecule has 0 saturated heterocycles. The van der Waals surface area contributed by atoms with E-state index in [9.17, 15) is 0 Å². The van der Waals surface area contributed by atoms with Gasteiger partial charge in [-0.2, -0.15) is 0 Å². The fourth-order valence-electron chi connectivity index (χ4n) is 4.28. The van der Waals surface area contributed by atoms with E-state index in [4.69, 9.17) is 0 Å². The van der Waals surface area contributed by atoms with Crippen LogP contribution in [0, 0.1) is 19.8 Å². The second kappa shape index (κ2) is 25.8. The van der Waals surface area contributed by atoms with Crippen molar-refractivity contribution in [3.63, 3.8) is 0 Å². The first-order valence-corrected chi connectivity index (χ1v) is 13.5. The molecule has 29 heavy (non-hydrogen) atoms. The molecule has 0 fully saturated rings. The maximum atomic E-state index is 3.92. The molecule has 0 heterocycles. The molecule has 0 aromatic rings. The van der Waals surface area contributed by atoms with Crippen molar-refractivity contribution in [1.29, 1.82) is 0 Å². The zero-order valence-electron chi connectivity index (χ0n) is 20.4. The summed E-state index contributed by atoms with van der Waals surface area (Å²) in [7, 11) is 0. The number of hydrogen-bond acceptors (Lipinski definition) is 0. The Labute approximate surface area is 186 Å². The second-order valence-corrected chi connectivity index (χ2v) is 9.45. The van der Waals surface area contributed by atoms with Crippen molar-refractivity contribution in [2.45, 2.75) is 155 Å². The Morgan fingerprint density at radius 3 is 1.28 bits per heavy atom. The van der Waals surface area contributed by atoms with Crippen molar-refractivity contribution in [3.8, 4) is 0 Å². The van der Waals surface area contributed by atoms with Gasteiger partial charge in [0.15, 0.2) is 0 Å². The summed E-state index contributed by atoms with van der Waals surface area (Å²) in [6, 6.07) is 0. The summed E-state index contributed by atoms with van der Waals surface area (Å²) in [4.78, 5) is 0. The van der Waals surface area contributed by atoms with Crippen LogP contribution in [-0.2, 0) is 0 Å². The smallest absolute Gasteiger partial charge is 0.0351 e. The van der Waals surface area contributed by atoms with Gasteiger partial charge in [-0.15, -0.1) is 0 Å². The van der Waals surface area contributed by atoms with Gasteiger partial charge in [-0.1, -0.05) is 154 Å². The largest absolute Gasteiger partial charge is 0.0885 e. The molecule has 0 N–H and O–H groups in total. The highest BCUT2D eigenvalue weighted by Gasteiger charge is 2.02. The van der Waals surface area contributed by atoms with E-state index in [0.29, 0.717) is 0 Å². The summed E-state index contributed by atoms with van der Waals surface area (Å²) < 4.78 is 0. The van der Waals surface area contributed by atoms with Crippen LogP contribution in [0.25, 0.3) is 0 Å². The van der Waals surface area contributed by atoms with Crippen molar-refractivity contribution in [3.05, 3.63) is 26.0 Å². The molecule has 2 radical (unpaired) electrons. The molecule has 0 saturated carbocycles. The van der Waals surface area contributed by atoms with Crippen molar-refractivity contribution < 1.29 is 0 Å². The molecule has 0 aliphatic rings. The fraction of sp³-hybridized carbons (Fsp3) is 0.862. The topological polar surface area (TPSA) is 0 Å². The van der Waals surface area contributed by atoms with Crippen LogP contribution < -0.4 is 0 Å². The third-order valence-electron chi connectivity index (χ3n) is 6.35. The predicted molar refractivity (Wildman–Crippen MR) is 135 cm³/mol. The lowest BCUT2D eigenvalue weighted by Gasteiger charge is -2.11. The summed E-state index contributed by atoms with van der Waals surface area (Å²) in [5.74, 6) is 0.952. The molecule has 0 amide bonds. The van der Waals surface area contributed by atoms with Gasteiger partial charge in [0, 0.05) is 0 Å². The van der Waals surface area contributed by atoms with Crippen molar-refractivity contribution in [2.24, 2.45) is 5.92 Å². The van der Waals surface area contributed by atoms with Crippen LogP contribution in [0.1, 0.15) is 155 Å². The highest BCUT2D eigenvalue weighted by molar-refractivity contribution is 4.81. The Hall–Kier alpha value is -0.260. The normalized spacial score (nSPS) is 12.8. The lowest BCUT2D eigenvalue weighted by Crippen LogP contribution is -1.95. The molecule has 0 aliphatic heterocycles. The summed E-state index contributed by atoms with van der Waals surface area (Å²) in [6.07, 6.45) is 36.7. The van der Waals surface area contributed by atoms with E-state index in [-0.39, 0.29) is 0 Å². The van der Waals surface area contributed by atoms with Gasteiger partial charge in [-0.25, -0.2) is 0 Å². The first-order chi connectivity index (χ1) is 14.3. The monoisotopic (exact) mass is 404 g/mol. The van der Waals surface area contributed by atoms with E-state index in [2.05, 4.69) is 32.9 Å². The lowest BCUT2D eigenvalue weighted by atomic mass is 9.96. The van der Waals surface area contributed by atoms with Gasteiger partial charge in [0.2, 0.25) is 0 Å². The molecule has 1 unspecified atom stereocenters. The summed E-state index contributed by atoms with van der Waals surface area (Å²) >= 11 is 0. The number of rotatable bonds is 24. The van der Waals surface area contributed by atoms with E-state index in [1.807, 2.05) is 0 Å².